The van der Waals surface area contributed by atoms with E-state index in [9.17, 15) is 31.2 Å². The second-order valence-corrected chi connectivity index (χ2v) is 7.76. The minimum Gasteiger partial charge on any atom is -0.494 e. The van der Waals surface area contributed by atoms with Gasteiger partial charge in [-0.15, -0.1) is 0 Å². The molecule has 0 spiro atoms. The number of anilines is 2. The molecule has 162 valence electrons. The highest BCUT2D eigenvalue weighted by atomic mass is 32.2. The lowest BCUT2D eigenvalue weighted by molar-refractivity contribution is -0.137. The average molecular weight is 445 g/mol. The van der Waals surface area contributed by atoms with Crippen molar-refractivity contribution in [3.8, 4) is 5.75 Å². The van der Waals surface area contributed by atoms with E-state index in [1.54, 1.807) is 0 Å². The first-order chi connectivity index (χ1) is 13.9. The maximum atomic E-state index is 12.8. The van der Waals surface area contributed by atoms with Crippen LogP contribution >= 0.6 is 0 Å². The second-order valence-electron chi connectivity index (χ2n) is 5.99. The van der Waals surface area contributed by atoms with Gasteiger partial charge in [0.15, 0.2) is 0 Å². The maximum Gasteiger partial charge on any atom is 0.416 e. The van der Waals surface area contributed by atoms with Crippen molar-refractivity contribution in [2.75, 3.05) is 24.3 Å². The lowest BCUT2D eigenvalue weighted by Crippen LogP contribution is -2.33. The van der Waals surface area contributed by atoms with Crippen LogP contribution in [0.5, 0.6) is 5.75 Å². The van der Waals surface area contributed by atoms with E-state index in [1.807, 2.05) is 4.72 Å². The molecule has 0 heterocycles. The Labute approximate surface area is 170 Å². The number of hydrogen-bond donors (Lipinski definition) is 3. The number of hydrogen-bond acceptors (Lipinski definition) is 5. The summed E-state index contributed by atoms with van der Waals surface area (Å²) in [6.07, 6.45) is -4.70. The first-order valence-electron chi connectivity index (χ1n) is 8.35. The van der Waals surface area contributed by atoms with Gasteiger partial charge >= 0.3 is 6.18 Å². The monoisotopic (exact) mass is 445 g/mol. The summed E-state index contributed by atoms with van der Waals surface area (Å²) in [5.74, 6) is -0.832. The van der Waals surface area contributed by atoms with Gasteiger partial charge in [-0.05, 0) is 30.3 Å². The van der Waals surface area contributed by atoms with Crippen LogP contribution in [0.4, 0.5) is 24.5 Å². The van der Waals surface area contributed by atoms with E-state index in [-0.39, 0.29) is 17.3 Å². The molecule has 0 atom stereocenters. The van der Waals surface area contributed by atoms with Crippen molar-refractivity contribution in [2.24, 2.45) is 0 Å². The third kappa shape index (κ3) is 6.19. The molecule has 2 aromatic rings. The Hall–Kier alpha value is -3.12. The molecular weight excluding hydrogens is 427 g/mol. The summed E-state index contributed by atoms with van der Waals surface area (Å²) in [5, 5.41) is 4.95. The molecular formula is C18H18F3N3O5S. The Balaban J connectivity index is 2.06. The van der Waals surface area contributed by atoms with Crippen molar-refractivity contribution >= 4 is 33.2 Å². The Morgan fingerprint density at radius 3 is 2.37 bits per heavy atom. The van der Waals surface area contributed by atoms with Crippen LogP contribution in [-0.2, 0) is 25.8 Å². The van der Waals surface area contributed by atoms with Gasteiger partial charge < -0.3 is 15.4 Å². The highest BCUT2D eigenvalue weighted by molar-refractivity contribution is 7.89. The number of rotatable bonds is 7. The Kier molecular flexibility index (Phi) is 7.05. The van der Waals surface area contributed by atoms with Crippen molar-refractivity contribution in [1.82, 2.24) is 4.72 Å². The van der Waals surface area contributed by atoms with Gasteiger partial charge in [0.1, 0.15) is 5.75 Å². The van der Waals surface area contributed by atoms with E-state index in [1.165, 1.54) is 32.2 Å². The highest BCUT2D eigenvalue weighted by Crippen LogP contribution is 2.30. The normalized spacial score (nSPS) is 11.6. The lowest BCUT2D eigenvalue weighted by atomic mass is 10.2. The predicted octanol–water partition coefficient (Wildman–Crippen LogP) is 2.59. The van der Waals surface area contributed by atoms with Crippen molar-refractivity contribution in [3.05, 3.63) is 48.0 Å². The smallest absolute Gasteiger partial charge is 0.416 e. The molecule has 0 radical (unpaired) electrons. The molecule has 0 bridgehead atoms. The molecule has 30 heavy (non-hydrogen) atoms. The van der Waals surface area contributed by atoms with E-state index in [4.69, 9.17) is 4.74 Å². The summed E-state index contributed by atoms with van der Waals surface area (Å²) < 4.78 is 69.7. The van der Waals surface area contributed by atoms with Crippen LogP contribution < -0.4 is 20.1 Å². The molecule has 8 nitrogen and oxygen atoms in total. The summed E-state index contributed by atoms with van der Waals surface area (Å²) in [6.45, 7) is 0.597. The summed E-state index contributed by atoms with van der Waals surface area (Å²) in [5.41, 5.74) is -0.501. The number of benzene rings is 2. The molecule has 3 N–H and O–H groups in total. The fraction of sp³-hybridized carbons (Fsp3) is 0.222. The van der Waals surface area contributed by atoms with Gasteiger partial charge in [0.25, 0.3) is 0 Å². The Morgan fingerprint density at radius 2 is 1.77 bits per heavy atom. The first kappa shape index (κ1) is 23.2. The fourth-order valence-corrected chi connectivity index (χ4v) is 3.38. The standard InChI is InChI=1S/C18H18F3N3O5S/c1-11(25)23-15-7-6-13(9-16(15)29-2)24-17(26)10-22-30(27,28)14-5-3-4-12(8-14)18(19,20)21/h3-9,22H,10H2,1-2H3,(H,23,25)(H,24,26). The maximum absolute atomic E-state index is 12.8. The third-order valence-corrected chi connectivity index (χ3v) is 5.09. The molecule has 12 heteroatoms. The van der Waals surface area contributed by atoms with E-state index in [0.29, 0.717) is 11.8 Å². The van der Waals surface area contributed by atoms with Gasteiger partial charge in [-0.25, -0.2) is 13.1 Å². The van der Waals surface area contributed by atoms with Gasteiger partial charge in [0.05, 0.1) is 29.8 Å². The van der Waals surface area contributed by atoms with Gasteiger partial charge in [0, 0.05) is 18.7 Å². The van der Waals surface area contributed by atoms with Crippen LogP contribution in [0.15, 0.2) is 47.4 Å². The third-order valence-electron chi connectivity index (χ3n) is 3.69. The summed E-state index contributed by atoms with van der Waals surface area (Å²) in [4.78, 5) is 22.6. The molecule has 0 saturated carbocycles. The number of nitrogens with one attached hydrogen (secondary N) is 3. The Bertz CT molecular complexity index is 1060. The number of sulfonamides is 1. The molecule has 2 amide bonds. The molecule has 0 saturated heterocycles. The molecule has 0 aliphatic heterocycles. The molecule has 2 rings (SSSR count). The number of ether oxygens (including phenoxy) is 1. The molecule has 0 fully saturated rings. The van der Waals surface area contributed by atoms with Crippen molar-refractivity contribution in [3.63, 3.8) is 0 Å². The van der Waals surface area contributed by atoms with E-state index in [0.717, 1.165) is 18.2 Å². The average Bonchev–Trinajstić information content (AvgIpc) is 2.66. The number of carbonyl (C=O) groups excluding carboxylic acids is 2. The summed E-state index contributed by atoms with van der Waals surface area (Å²) in [6, 6.07) is 7.50. The van der Waals surface area contributed by atoms with E-state index in [2.05, 4.69) is 10.6 Å². The topological polar surface area (TPSA) is 114 Å². The van der Waals surface area contributed by atoms with Crippen LogP contribution in [0.25, 0.3) is 0 Å². The van der Waals surface area contributed by atoms with Crippen LogP contribution in [0.3, 0.4) is 0 Å². The zero-order valence-corrected chi connectivity index (χ0v) is 16.6. The van der Waals surface area contributed by atoms with Crippen molar-refractivity contribution in [1.29, 1.82) is 0 Å². The highest BCUT2D eigenvalue weighted by Gasteiger charge is 2.31. The SMILES string of the molecule is COc1cc(NC(=O)CNS(=O)(=O)c2cccc(C(F)(F)F)c2)ccc1NC(C)=O. The summed E-state index contributed by atoms with van der Waals surface area (Å²) in [7, 11) is -2.99. The second kappa shape index (κ2) is 9.13. The van der Waals surface area contributed by atoms with Crippen LogP contribution in [0, 0.1) is 0 Å². The Morgan fingerprint density at radius 1 is 1.07 bits per heavy atom. The van der Waals surface area contributed by atoms with Crippen LogP contribution in [0.2, 0.25) is 0 Å². The molecule has 0 aromatic heterocycles. The quantitative estimate of drug-likeness (QED) is 0.606. The predicted molar refractivity (Wildman–Crippen MR) is 103 cm³/mol. The zero-order valence-electron chi connectivity index (χ0n) is 15.8. The van der Waals surface area contributed by atoms with Crippen LogP contribution in [0.1, 0.15) is 12.5 Å². The van der Waals surface area contributed by atoms with Gasteiger partial charge in [-0.3, -0.25) is 9.59 Å². The van der Waals surface area contributed by atoms with Gasteiger partial charge in [0.2, 0.25) is 21.8 Å². The van der Waals surface area contributed by atoms with Crippen molar-refractivity contribution < 1.29 is 35.9 Å². The fourth-order valence-electron chi connectivity index (χ4n) is 2.35. The number of alkyl halides is 3. The number of halogens is 3. The number of amides is 2. The van der Waals surface area contributed by atoms with Crippen LogP contribution in [-0.4, -0.2) is 33.9 Å². The molecule has 0 aliphatic rings. The molecule has 2 aromatic carbocycles. The van der Waals surface area contributed by atoms with Gasteiger partial charge in [-0.2, -0.15) is 13.2 Å². The zero-order chi connectivity index (χ0) is 22.5. The van der Waals surface area contributed by atoms with E-state index < -0.39 is 39.1 Å². The van der Waals surface area contributed by atoms with E-state index >= 15 is 0 Å². The lowest BCUT2D eigenvalue weighted by Gasteiger charge is -2.12. The van der Waals surface area contributed by atoms with Gasteiger partial charge in [-0.1, -0.05) is 6.07 Å². The molecule has 0 unspecified atom stereocenters. The first-order valence-corrected chi connectivity index (χ1v) is 9.83. The minimum atomic E-state index is -4.70. The minimum absolute atomic E-state index is 0.254. The van der Waals surface area contributed by atoms with Crippen molar-refractivity contribution in [2.45, 2.75) is 18.0 Å². The summed E-state index contributed by atoms with van der Waals surface area (Å²) >= 11 is 0. The largest absolute Gasteiger partial charge is 0.494 e. The molecule has 0 aliphatic carbocycles. The number of methoxy groups -OCH3 is 1. The number of carbonyl (C=O) groups is 2.